The van der Waals surface area contributed by atoms with Crippen LogP contribution < -0.4 is 15.9 Å². The Morgan fingerprint density at radius 1 is 0.511 bits per heavy atom. The van der Waals surface area contributed by atoms with Gasteiger partial charge in [0.2, 0.25) is 0 Å². The number of benzene rings is 6. The molecule has 0 N–H and O–H groups in total. The summed E-state index contributed by atoms with van der Waals surface area (Å²) < 4.78 is 17.3. The number of rotatable bonds is 4. The van der Waals surface area contributed by atoms with Crippen molar-refractivity contribution in [2.45, 2.75) is 0 Å². The average molecular weight is 596 g/mol. The fourth-order valence-electron chi connectivity index (χ4n) is 6.66. The Morgan fingerprint density at radius 2 is 1.18 bits per heavy atom. The van der Waals surface area contributed by atoms with Crippen LogP contribution in [0, 0.1) is 0 Å². The number of hydrogen-bond donors (Lipinski definition) is 0. The number of para-hydroxylation sites is 2. The molecule has 3 heterocycles. The minimum Gasteiger partial charge on any atom is -0.309 e. The summed E-state index contributed by atoms with van der Waals surface area (Å²) in [6.45, 7) is 0. The molecule has 0 fully saturated rings. The minimum atomic E-state index is -3.09. The molecule has 4 nitrogen and oxygen atoms in total. The number of pyridine rings is 2. The maximum absolute atomic E-state index is 15.1. The third-order valence-corrected chi connectivity index (χ3v) is 11.9. The normalized spacial score (nSPS) is 12.1. The number of aromatic nitrogens is 3. The fourth-order valence-corrected chi connectivity index (χ4v) is 9.34. The van der Waals surface area contributed by atoms with Crippen molar-refractivity contribution in [3.8, 4) is 11.1 Å². The van der Waals surface area contributed by atoms with Crippen molar-refractivity contribution in [2.24, 2.45) is 0 Å². The third-order valence-electron chi connectivity index (χ3n) is 8.85. The Bertz CT molecular complexity index is 2580. The zero-order valence-corrected chi connectivity index (χ0v) is 25.1. The van der Waals surface area contributed by atoms with E-state index in [0.29, 0.717) is 0 Å². The maximum Gasteiger partial charge on any atom is 0.171 e. The predicted octanol–water partition coefficient (Wildman–Crippen LogP) is 8.65. The molecule has 0 aliphatic heterocycles. The molecule has 212 valence electrons. The van der Waals surface area contributed by atoms with E-state index in [9.17, 15) is 0 Å². The third kappa shape index (κ3) is 3.96. The first-order valence-corrected chi connectivity index (χ1v) is 16.7. The van der Waals surface area contributed by atoms with Crippen LogP contribution in [-0.4, -0.2) is 14.4 Å². The first kappa shape index (κ1) is 25.9. The Morgan fingerprint density at radius 3 is 1.96 bits per heavy atom. The zero-order chi connectivity index (χ0) is 30.0. The van der Waals surface area contributed by atoms with E-state index in [0.717, 1.165) is 76.3 Å². The molecule has 9 aromatic rings. The van der Waals surface area contributed by atoms with Gasteiger partial charge < -0.3 is 4.57 Å². The summed E-state index contributed by atoms with van der Waals surface area (Å²) in [6.07, 6.45) is 1.96. The van der Waals surface area contributed by atoms with Crippen molar-refractivity contribution in [1.29, 1.82) is 0 Å². The highest BCUT2D eigenvalue weighted by Gasteiger charge is 2.29. The van der Waals surface area contributed by atoms with Crippen molar-refractivity contribution >= 4 is 72.3 Å². The smallest absolute Gasteiger partial charge is 0.171 e. The van der Waals surface area contributed by atoms with Crippen molar-refractivity contribution < 1.29 is 4.57 Å². The summed E-state index contributed by atoms with van der Waals surface area (Å²) in [4.78, 5) is 10.1. The fraction of sp³-hybridized carbons (Fsp3) is 0. The molecule has 0 radical (unpaired) electrons. The largest absolute Gasteiger partial charge is 0.309 e. The van der Waals surface area contributed by atoms with Crippen LogP contribution in [0.15, 0.2) is 158 Å². The first-order chi connectivity index (χ1) is 22.2. The van der Waals surface area contributed by atoms with E-state index in [4.69, 9.17) is 9.97 Å². The summed E-state index contributed by atoms with van der Waals surface area (Å²) in [7, 11) is -3.09. The summed E-state index contributed by atoms with van der Waals surface area (Å²) in [5, 5.41) is 6.78. The maximum atomic E-state index is 15.1. The lowest BCUT2D eigenvalue weighted by Crippen LogP contribution is -2.24. The van der Waals surface area contributed by atoms with Crippen LogP contribution in [0.25, 0.3) is 60.4 Å². The predicted molar refractivity (Wildman–Crippen MR) is 188 cm³/mol. The standard InChI is InChI=1S/C40H26N3OP/c44-45(31-11-3-1-4-12-31,32-13-5-2-6-14-32)33-22-21-27-19-20-28(23-29(27)24-33)30-25-38-39(41-26-30)34-15-7-8-16-35(34)40-42-36-17-9-10-18-37(36)43(38)40/h1-26H. The molecular formula is C40H26N3OP. The highest BCUT2D eigenvalue weighted by Crippen LogP contribution is 2.43. The molecule has 45 heavy (non-hydrogen) atoms. The van der Waals surface area contributed by atoms with Gasteiger partial charge in [-0.1, -0.05) is 121 Å². The summed E-state index contributed by atoms with van der Waals surface area (Å²) in [6, 6.07) is 51.2. The quantitative estimate of drug-likeness (QED) is 0.151. The lowest BCUT2D eigenvalue weighted by atomic mass is 10.0. The summed E-state index contributed by atoms with van der Waals surface area (Å²) in [5.41, 5.74) is 6.97. The van der Waals surface area contributed by atoms with E-state index >= 15 is 4.57 Å². The monoisotopic (exact) mass is 595 g/mol. The van der Waals surface area contributed by atoms with Gasteiger partial charge in [0.15, 0.2) is 7.14 Å². The molecule has 0 saturated carbocycles. The molecule has 0 saturated heterocycles. The second-order valence-electron chi connectivity index (χ2n) is 11.4. The van der Waals surface area contributed by atoms with Gasteiger partial charge in [-0.2, -0.15) is 0 Å². The molecule has 0 unspecified atom stereocenters. The zero-order valence-electron chi connectivity index (χ0n) is 24.2. The van der Waals surface area contributed by atoms with Gasteiger partial charge in [0.1, 0.15) is 5.65 Å². The highest BCUT2D eigenvalue weighted by molar-refractivity contribution is 7.85. The lowest BCUT2D eigenvalue weighted by Gasteiger charge is -2.20. The number of imidazole rings is 1. The molecule has 0 spiro atoms. The second kappa shape index (κ2) is 9.99. The lowest BCUT2D eigenvalue weighted by molar-refractivity contribution is 0.592. The van der Waals surface area contributed by atoms with E-state index < -0.39 is 7.14 Å². The van der Waals surface area contributed by atoms with Crippen LogP contribution in [0.4, 0.5) is 0 Å². The van der Waals surface area contributed by atoms with Gasteiger partial charge in [-0.15, -0.1) is 0 Å². The molecule has 0 bridgehead atoms. The van der Waals surface area contributed by atoms with E-state index in [1.165, 1.54) is 0 Å². The summed E-state index contributed by atoms with van der Waals surface area (Å²) >= 11 is 0. The van der Waals surface area contributed by atoms with Gasteiger partial charge in [-0.25, -0.2) is 4.98 Å². The average Bonchev–Trinajstić information content (AvgIpc) is 3.52. The van der Waals surface area contributed by atoms with Crippen LogP contribution in [0.2, 0.25) is 0 Å². The SMILES string of the molecule is O=P(c1ccccc1)(c1ccccc1)c1ccc2ccc(-c3cnc4c5ccccc5c5nc6ccccc6n5c4c3)cc2c1. The van der Waals surface area contributed by atoms with E-state index in [-0.39, 0.29) is 0 Å². The molecule has 9 rings (SSSR count). The van der Waals surface area contributed by atoms with E-state index in [1.54, 1.807) is 0 Å². The van der Waals surface area contributed by atoms with Gasteiger partial charge in [0, 0.05) is 38.4 Å². The van der Waals surface area contributed by atoms with Crippen LogP contribution in [-0.2, 0) is 4.57 Å². The molecule has 0 aliphatic rings. The number of hydrogen-bond acceptors (Lipinski definition) is 3. The molecule has 3 aromatic heterocycles. The molecule has 0 amide bonds. The molecule has 0 atom stereocenters. The Hall–Kier alpha value is -5.57. The Kier molecular flexibility index (Phi) is 5.74. The van der Waals surface area contributed by atoms with Gasteiger partial charge in [0.05, 0.1) is 22.1 Å². The van der Waals surface area contributed by atoms with Crippen LogP contribution in [0.1, 0.15) is 0 Å². The molecule has 0 aliphatic carbocycles. The van der Waals surface area contributed by atoms with E-state index in [2.05, 4.69) is 83.3 Å². The Labute approximate surface area is 259 Å². The van der Waals surface area contributed by atoms with E-state index in [1.807, 2.05) is 79.0 Å². The van der Waals surface area contributed by atoms with Crippen molar-refractivity contribution in [2.75, 3.05) is 0 Å². The topological polar surface area (TPSA) is 47.3 Å². The van der Waals surface area contributed by atoms with Gasteiger partial charge in [-0.3, -0.25) is 9.38 Å². The van der Waals surface area contributed by atoms with Crippen molar-refractivity contribution in [3.63, 3.8) is 0 Å². The first-order valence-electron chi connectivity index (χ1n) is 15.0. The van der Waals surface area contributed by atoms with Crippen LogP contribution in [0.3, 0.4) is 0 Å². The molecule has 5 heteroatoms. The van der Waals surface area contributed by atoms with Crippen LogP contribution in [0.5, 0.6) is 0 Å². The molecular weight excluding hydrogens is 569 g/mol. The van der Waals surface area contributed by atoms with Crippen molar-refractivity contribution in [1.82, 2.24) is 14.4 Å². The highest BCUT2D eigenvalue weighted by atomic mass is 31.2. The number of nitrogens with zero attached hydrogens (tertiary/aromatic N) is 3. The van der Waals surface area contributed by atoms with Gasteiger partial charge in [-0.05, 0) is 46.7 Å². The minimum absolute atomic E-state index is 0.819. The second-order valence-corrected chi connectivity index (χ2v) is 14.2. The molecule has 6 aromatic carbocycles. The number of fused-ring (bicyclic) bond motifs is 9. The van der Waals surface area contributed by atoms with Crippen molar-refractivity contribution in [3.05, 3.63) is 158 Å². The van der Waals surface area contributed by atoms with Crippen LogP contribution >= 0.6 is 7.14 Å². The Balaban J connectivity index is 1.26. The van der Waals surface area contributed by atoms with Gasteiger partial charge >= 0.3 is 0 Å². The summed E-state index contributed by atoms with van der Waals surface area (Å²) in [5.74, 6) is 0. The van der Waals surface area contributed by atoms with Gasteiger partial charge in [0.25, 0.3) is 0 Å².